The Bertz CT molecular complexity index is 2970. The molecule has 0 aliphatic heterocycles. The van der Waals surface area contributed by atoms with Crippen LogP contribution in [0, 0.1) is 0 Å². The minimum atomic E-state index is -1.12. The number of anilines is 2. The first-order valence-electron chi connectivity index (χ1n) is 21.1. The van der Waals surface area contributed by atoms with Gasteiger partial charge in [-0.15, -0.1) is 0 Å². The van der Waals surface area contributed by atoms with Gasteiger partial charge in [0.1, 0.15) is 57.1 Å². The second-order valence-electron chi connectivity index (χ2n) is 15.8. The standard InChI is InChI=1S/C29H26N2O6.C26H18O6/c1-29(2,17-3-7-19(8-4-17)36-21-11-13-25(30)23(15-21)27(32)33)18-5-9-20(10-6-18)37-22-12-14-26(31)24(16-22)28(34)35;27-25(28)19-11-3-7-15-23(19)31-21-13-5-1-9-17(21)18-10-2-6-14-22(18)32-24-16-8-4-12-20(24)26(29)30/h3-16H,30-31H2,1-2H3,(H,32,33)(H,34,35);1-16H,(H,27,28)(H,29,30). The fourth-order valence-electron chi connectivity index (χ4n) is 7.14. The summed E-state index contributed by atoms with van der Waals surface area (Å²) in [5, 5.41) is 37.4. The van der Waals surface area contributed by atoms with Crippen LogP contribution in [0.3, 0.4) is 0 Å². The van der Waals surface area contributed by atoms with Crippen molar-refractivity contribution in [3.05, 3.63) is 215 Å². The van der Waals surface area contributed by atoms with Crippen molar-refractivity contribution in [3.63, 3.8) is 0 Å². The molecular weight excluding hydrogens is 881 g/mol. The fourth-order valence-corrected chi connectivity index (χ4v) is 7.14. The van der Waals surface area contributed by atoms with Crippen LogP contribution in [0.5, 0.6) is 46.0 Å². The number of hydrogen-bond donors (Lipinski definition) is 6. The van der Waals surface area contributed by atoms with Crippen molar-refractivity contribution in [2.24, 2.45) is 0 Å². The van der Waals surface area contributed by atoms with E-state index in [1.54, 1.807) is 72.8 Å². The molecule has 0 aliphatic carbocycles. The monoisotopic (exact) mass is 924 g/mol. The van der Waals surface area contributed by atoms with Crippen LogP contribution in [0.1, 0.15) is 66.4 Å². The Balaban J connectivity index is 0.000000206. The third-order valence-corrected chi connectivity index (χ3v) is 10.9. The van der Waals surface area contributed by atoms with Gasteiger partial charge in [0.05, 0.1) is 11.1 Å². The van der Waals surface area contributed by atoms with Gasteiger partial charge in [-0.25, -0.2) is 19.2 Å². The molecule has 0 atom stereocenters. The van der Waals surface area contributed by atoms with E-state index in [1.165, 1.54) is 36.4 Å². The quantitative estimate of drug-likeness (QED) is 0.0525. The molecule has 8 rings (SSSR count). The number of ether oxygens (including phenoxy) is 4. The smallest absolute Gasteiger partial charge is 0.339 e. The van der Waals surface area contributed by atoms with Gasteiger partial charge in [0, 0.05) is 27.9 Å². The van der Waals surface area contributed by atoms with E-state index in [2.05, 4.69) is 13.8 Å². The summed E-state index contributed by atoms with van der Waals surface area (Å²) < 4.78 is 23.6. The zero-order chi connectivity index (χ0) is 49.2. The van der Waals surface area contributed by atoms with E-state index in [1.807, 2.05) is 72.8 Å². The molecule has 0 aliphatic rings. The van der Waals surface area contributed by atoms with Crippen LogP contribution < -0.4 is 30.4 Å². The molecule has 0 fully saturated rings. The van der Waals surface area contributed by atoms with Gasteiger partial charge in [0.25, 0.3) is 0 Å². The number of carboxylic acids is 4. The van der Waals surface area contributed by atoms with E-state index in [4.69, 9.17) is 30.4 Å². The fraction of sp³-hybridized carbons (Fsp3) is 0.0545. The minimum absolute atomic E-state index is 0.0126. The summed E-state index contributed by atoms with van der Waals surface area (Å²) in [7, 11) is 0. The maximum atomic E-state index is 11.6. The summed E-state index contributed by atoms with van der Waals surface area (Å²) in [5.41, 5.74) is 14.9. The number of carboxylic acid groups (broad SMARTS) is 4. The lowest BCUT2D eigenvalue weighted by Crippen LogP contribution is -2.18. The van der Waals surface area contributed by atoms with Gasteiger partial charge in [0.2, 0.25) is 0 Å². The molecule has 0 radical (unpaired) electrons. The molecule has 0 saturated carbocycles. The minimum Gasteiger partial charge on any atom is -0.478 e. The predicted octanol–water partition coefficient (Wildman–Crippen LogP) is 12.5. The van der Waals surface area contributed by atoms with Crippen LogP contribution in [-0.2, 0) is 5.41 Å². The molecule has 8 aromatic carbocycles. The molecule has 0 amide bonds. The van der Waals surface area contributed by atoms with Crippen molar-refractivity contribution in [2.45, 2.75) is 19.3 Å². The average molecular weight is 925 g/mol. The molecule has 0 heterocycles. The number of nitrogen functional groups attached to an aromatic ring is 2. The van der Waals surface area contributed by atoms with Gasteiger partial charge in [-0.05, 0) is 108 Å². The van der Waals surface area contributed by atoms with E-state index in [0.29, 0.717) is 45.6 Å². The number of rotatable bonds is 15. The Hall–Kier alpha value is -9.56. The van der Waals surface area contributed by atoms with E-state index in [-0.39, 0.29) is 50.5 Å². The van der Waals surface area contributed by atoms with Crippen LogP contribution in [0.25, 0.3) is 11.1 Å². The van der Waals surface area contributed by atoms with Crippen LogP contribution in [0.4, 0.5) is 11.4 Å². The Labute approximate surface area is 395 Å². The summed E-state index contributed by atoms with van der Waals surface area (Å²) in [6, 6.07) is 51.3. The molecule has 14 nitrogen and oxygen atoms in total. The summed E-state index contributed by atoms with van der Waals surface area (Å²) in [4.78, 5) is 45.7. The highest BCUT2D eigenvalue weighted by atomic mass is 16.5. The lowest BCUT2D eigenvalue weighted by molar-refractivity contribution is 0.0683. The molecular formula is C55H44N2O12. The van der Waals surface area contributed by atoms with Crippen molar-refractivity contribution in [1.29, 1.82) is 0 Å². The number of aromatic carboxylic acids is 4. The second kappa shape index (κ2) is 20.7. The molecule has 0 bridgehead atoms. The van der Waals surface area contributed by atoms with Crippen LogP contribution in [-0.4, -0.2) is 44.3 Å². The zero-order valence-corrected chi connectivity index (χ0v) is 37.0. The summed E-state index contributed by atoms with van der Waals surface area (Å²) in [6.07, 6.45) is 0. The predicted molar refractivity (Wildman–Crippen MR) is 260 cm³/mol. The van der Waals surface area contributed by atoms with Crippen molar-refractivity contribution in [3.8, 4) is 57.1 Å². The topological polar surface area (TPSA) is 238 Å². The first-order valence-corrected chi connectivity index (χ1v) is 21.1. The normalized spacial score (nSPS) is 10.8. The SMILES string of the molecule is CC(C)(c1ccc(Oc2ccc(N)c(C(=O)O)c2)cc1)c1ccc(Oc2ccc(N)c(C(=O)O)c2)cc1.O=C(O)c1ccccc1Oc1ccccc1-c1ccccc1Oc1ccccc1C(=O)O. The summed E-state index contributed by atoms with van der Waals surface area (Å²) in [6.45, 7) is 4.19. The van der Waals surface area contributed by atoms with Gasteiger partial charge >= 0.3 is 23.9 Å². The molecule has 346 valence electrons. The van der Waals surface area contributed by atoms with Crippen molar-refractivity contribution >= 4 is 35.3 Å². The third-order valence-electron chi connectivity index (χ3n) is 10.9. The Morgan fingerprint density at radius 3 is 1.01 bits per heavy atom. The Morgan fingerprint density at radius 2 is 0.667 bits per heavy atom. The van der Waals surface area contributed by atoms with Gasteiger partial charge in [-0.1, -0.05) is 98.8 Å². The van der Waals surface area contributed by atoms with E-state index in [9.17, 15) is 39.6 Å². The lowest BCUT2D eigenvalue weighted by atomic mass is 9.78. The number of para-hydroxylation sites is 4. The Morgan fingerprint density at radius 1 is 0.362 bits per heavy atom. The number of hydrogen-bond acceptors (Lipinski definition) is 10. The second-order valence-corrected chi connectivity index (χ2v) is 15.8. The molecule has 0 aromatic heterocycles. The van der Waals surface area contributed by atoms with E-state index < -0.39 is 23.9 Å². The average Bonchev–Trinajstić information content (AvgIpc) is 3.34. The molecule has 0 saturated heterocycles. The van der Waals surface area contributed by atoms with Gasteiger partial charge in [-0.2, -0.15) is 0 Å². The van der Waals surface area contributed by atoms with Gasteiger partial charge < -0.3 is 50.8 Å². The first-order chi connectivity index (χ1) is 33.1. The first kappa shape index (κ1) is 47.4. The number of carbonyl (C=O) groups is 4. The van der Waals surface area contributed by atoms with E-state index >= 15 is 0 Å². The van der Waals surface area contributed by atoms with Crippen LogP contribution in [0.15, 0.2) is 182 Å². The third kappa shape index (κ3) is 11.3. The number of nitrogens with two attached hydrogens (primary N) is 2. The molecule has 69 heavy (non-hydrogen) atoms. The summed E-state index contributed by atoms with van der Waals surface area (Å²) in [5.74, 6) is -1.24. The highest BCUT2D eigenvalue weighted by molar-refractivity contribution is 5.95. The highest BCUT2D eigenvalue weighted by Crippen LogP contribution is 2.41. The Kier molecular flexibility index (Phi) is 14.2. The zero-order valence-electron chi connectivity index (χ0n) is 37.0. The van der Waals surface area contributed by atoms with Crippen molar-refractivity contribution < 1.29 is 58.6 Å². The molecule has 14 heteroatoms. The molecule has 8 aromatic rings. The van der Waals surface area contributed by atoms with Crippen molar-refractivity contribution in [2.75, 3.05) is 11.5 Å². The number of benzene rings is 8. The molecule has 0 unspecified atom stereocenters. The summed E-state index contributed by atoms with van der Waals surface area (Å²) >= 11 is 0. The van der Waals surface area contributed by atoms with Crippen LogP contribution in [0.2, 0.25) is 0 Å². The van der Waals surface area contributed by atoms with Gasteiger partial charge in [-0.3, -0.25) is 0 Å². The van der Waals surface area contributed by atoms with E-state index in [0.717, 1.165) is 11.1 Å². The molecule has 8 N–H and O–H groups in total. The van der Waals surface area contributed by atoms with Gasteiger partial charge in [0.15, 0.2) is 0 Å². The highest BCUT2D eigenvalue weighted by Gasteiger charge is 2.24. The maximum absolute atomic E-state index is 11.6. The molecule has 0 spiro atoms. The van der Waals surface area contributed by atoms with Crippen LogP contribution >= 0.6 is 0 Å². The maximum Gasteiger partial charge on any atom is 0.339 e. The largest absolute Gasteiger partial charge is 0.478 e. The van der Waals surface area contributed by atoms with Crippen molar-refractivity contribution in [1.82, 2.24) is 0 Å². The lowest BCUT2D eigenvalue weighted by Gasteiger charge is -2.26.